The third-order valence-electron chi connectivity index (χ3n) is 7.40. The van der Waals surface area contributed by atoms with E-state index in [0.29, 0.717) is 23.2 Å². The lowest BCUT2D eigenvalue weighted by atomic mass is 9.80. The Balaban J connectivity index is 1.79. The third-order valence-corrected chi connectivity index (χ3v) is 9.29. The fourth-order valence-corrected chi connectivity index (χ4v) is 7.08. The molecule has 0 saturated heterocycles. The van der Waals surface area contributed by atoms with Crippen molar-refractivity contribution < 1.29 is 22.7 Å². The molecule has 4 rings (SSSR count). The van der Waals surface area contributed by atoms with Gasteiger partial charge in [-0.25, -0.2) is 13.2 Å². The lowest BCUT2D eigenvalue weighted by molar-refractivity contribution is -0.160. The highest BCUT2D eigenvalue weighted by Crippen LogP contribution is 2.37. The van der Waals surface area contributed by atoms with Crippen LogP contribution in [0.15, 0.2) is 59.0 Å². The molecule has 0 bridgehead atoms. The predicted octanol–water partition coefficient (Wildman–Crippen LogP) is 2.33. The van der Waals surface area contributed by atoms with Crippen LogP contribution in [0.1, 0.15) is 42.5 Å². The summed E-state index contributed by atoms with van der Waals surface area (Å²) < 4.78 is 34.7. The van der Waals surface area contributed by atoms with Gasteiger partial charge in [-0.05, 0) is 74.7 Å². The molecule has 2 aliphatic heterocycles. The number of fused-ring (bicyclic) bond motifs is 1. The normalized spacial score (nSPS) is 20.8. The van der Waals surface area contributed by atoms with Crippen molar-refractivity contribution in [2.45, 2.75) is 56.1 Å². The highest BCUT2D eigenvalue weighted by molar-refractivity contribution is 7.89. The van der Waals surface area contributed by atoms with E-state index in [0.717, 1.165) is 28.4 Å². The van der Waals surface area contributed by atoms with Gasteiger partial charge in [0.05, 0.1) is 29.2 Å². The Bertz CT molecular complexity index is 1460. The zero-order valence-corrected chi connectivity index (χ0v) is 23.3. The highest BCUT2D eigenvalue weighted by atomic mass is 32.2. The molecule has 0 radical (unpaired) electrons. The van der Waals surface area contributed by atoms with Gasteiger partial charge in [-0.3, -0.25) is 4.79 Å². The van der Waals surface area contributed by atoms with Gasteiger partial charge in [0.15, 0.2) is 11.3 Å². The summed E-state index contributed by atoms with van der Waals surface area (Å²) in [6.07, 6.45) is 2.38. The number of carbonyl (C=O) groups excluding carboxylic acids is 2. The molecule has 2 aromatic rings. The molecule has 0 saturated carbocycles. The van der Waals surface area contributed by atoms with E-state index >= 15 is 0 Å². The second-order valence-electron chi connectivity index (χ2n) is 10.2. The van der Waals surface area contributed by atoms with Gasteiger partial charge in [-0.1, -0.05) is 29.8 Å². The summed E-state index contributed by atoms with van der Waals surface area (Å²) in [6.45, 7) is 4.63. The first-order chi connectivity index (χ1) is 18.5. The van der Waals surface area contributed by atoms with Crippen molar-refractivity contribution in [1.82, 2.24) is 9.21 Å². The van der Waals surface area contributed by atoms with Crippen LogP contribution in [-0.2, 0) is 43.7 Å². The van der Waals surface area contributed by atoms with Crippen LogP contribution in [0, 0.1) is 11.3 Å². The van der Waals surface area contributed by atoms with Crippen LogP contribution in [-0.4, -0.2) is 67.7 Å². The topological polar surface area (TPSA) is 134 Å². The Hall–Kier alpha value is -3.36. The first-order valence-electron chi connectivity index (χ1n) is 13.0. The molecular formula is C29H34N4O5S. The number of ether oxygens (including phenoxy) is 1. The molecule has 2 N–H and O–H groups in total. The number of nitriles is 1. The van der Waals surface area contributed by atoms with Gasteiger partial charge in [0.2, 0.25) is 10.0 Å². The number of nitrogens with two attached hydrogens (primary N) is 1. The standard InChI is InChI=1S/C29H34N4O5S/c1-4-38-28(35)29(27(34)26(31)15-21-6-5-7-22(14-21)18-30)17-20(2)10-13-33(29)39(36,37)25-9-8-23-11-12-32(3)19-24(23)16-25/h5-10,14,16,26H,4,11-13,15,17,19,31H2,1-3H3/t26?,29-/m1/s1. The van der Waals surface area contributed by atoms with Crippen molar-refractivity contribution in [3.63, 3.8) is 0 Å². The zero-order valence-electron chi connectivity index (χ0n) is 22.5. The molecule has 9 nitrogen and oxygen atoms in total. The summed E-state index contributed by atoms with van der Waals surface area (Å²) in [7, 11) is -2.35. The molecule has 1 unspecified atom stereocenters. The van der Waals surface area contributed by atoms with Crippen LogP contribution in [0.25, 0.3) is 0 Å². The minimum atomic E-state index is -4.32. The molecule has 0 aliphatic carbocycles. The van der Waals surface area contributed by atoms with Gasteiger partial charge in [0, 0.05) is 26.1 Å². The third kappa shape index (κ3) is 5.54. The average molecular weight is 551 g/mol. The molecule has 10 heteroatoms. The van der Waals surface area contributed by atoms with E-state index in [2.05, 4.69) is 11.0 Å². The van der Waals surface area contributed by atoms with Gasteiger partial charge in [0.25, 0.3) is 0 Å². The maximum Gasteiger partial charge on any atom is 0.335 e. The van der Waals surface area contributed by atoms with E-state index in [1.807, 2.05) is 13.1 Å². The lowest BCUT2D eigenvalue weighted by Gasteiger charge is -2.43. The maximum atomic E-state index is 14.2. The Labute approximate surface area is 229 Å². The number of likely N-dealkylation sites (N-methyl/N-ethyl adjacent to an activating group) is 1. The number of carbonyl (C=O) groups is 2. The van der Waals surface area contributed by atoms with Crippen molar-refractivity contribution in [2.24, 2.45) is 5.73 Å². The fourth-order valence-electron chi connectivity index (χ4n) is 5.38. The Kier molecular flexibility index (Phi) is 8.37. The van der Waals surface area contributed by atoms with Gasteiger partial charge in [0.1, 0.15) is 0 Å². The maximum absolute atomic E-state index is 14.2. The van der Waals surface area contributed by atoms with Crippen LogP contribution in [0.5, 0.6) is 0 Å². The number of benzene rings is 2. The van der Waals surface area contributed by atoms with Gasteiger partial charge >= 0.3 is 5.97 Å². The summed E-state index contributed by atoms with van der Waals surface area (Å²) in [5.74, 6) is -1.68. The quantitative estimate of drug-likeness (QED) is 0.301. The smallest absolute Gasteiger partial charge is 0.335 e. The molecule has 2 heterocycles. The van der Waals surface area contributed by atoms with Crippen molar-refractivity contribution in [1.29, 1.82) is 5.26 Å². The predicted molar refractivity (Wildman–Crippen MR) is 146 cm³/mol. The summed E-state index contributed by atoms with van der Waals surface area (Å²) >= 11 is 0. The molecule has 2 atom stereocenters. The summed E-state index contributed by atoms with van der Waals surface area (Å²) in [4.78, 5) is 29.9. The van der Waals surface area contributed by atoms with E-state index < -0.39 is 33.4 Å². The van der Waals surface area contributed by atoms with Crippen molar-refractivity contribution in [3.05, 3.63) is 76.4 Å². The molecule has 2 aromatic carbocycles. The Morgan fingerprint density at radius 1 is 1.21 bits per heavy atom. The number of hydrogen-bond donors (Lipinski definition) is 1. The van der Waals surface area contributed by atoms with Gasteiger partial charge < -0.3 is 15.4 Å². The van der Waals surface area contributed by atoms with Crippen LogP contribution in [0.2, 0.25) is 0 Å². The second-order valence-corrected chi connectivity index (χ2v) is 12.1. The first kappa shape index (κ1) is 28.6. The lowest BCUT2D eigenvalue weighted by Crippen LogP contribution is -2.67. The van der Waals surface area contributed by atoms with Crippen LogP contribution in [0.4, 0.5) is 0 Å². The van der Waals surface area contributed by atoms with Crippen LogP contribution < -0.4 is 5.73 Å². The largest absolute Gasteiger partial charge is 0.464 e. The van der Waals surface area contributed by atoms with Crippen molar-refractivity contribution in [2.75, 3.05) is 26.7 Å². The molecule has 39 heavy (non-hydrogen) atoms. The summed E-state index contributed by atoms with van der Waals surface area (Å²) in [5.41, 5.74) is 7.94. The first-order valence-corrected chi connectivity index (χ1v) is 14.4. The monoisotopic (exact) mass is 550 g/mol. The zero-order chi connectivity index (χ0) is 28.4. The molecule has 0 aromatic heterocycles. The molecule has 2 aliphatic rings. The van der Waals surface area contributed by atoms with E-state index in [1.165, 1.54) is 0 Å². The summed E-state index contributed by atoms with van der Waals surface area (Å²) in [6, 6.07) is 12.5. The molecule has 206 valence electrons. The van der Waals surface area contributed by atoms with E-state index in [-0.39, 0.29) is 30.9 Å². The minimum Gasteiger partial charge on any atom is -0.464 e. The molecular weight excluding hydrogens is 516 g/mol. The second kappa shape index (κ2) is 11.4. The number of Topliss-reactive ketones (excluding diaryl/α,β-unsaturated/α-hetero) is 1. The summed E-state index contributed by atoms with van der Waals surface area (Å²) in [5, 5.41) is 9.24. The van der Waals surface area contributed by atoms with Crippen LogP contribution in [0.3, 0.4) is 0 Å². The number of nitrogens with zero attached hydrogens (tertiary/aromatic N) is 3. The molecule has 0 amide bonds. The molecule has 0 spiro atoms. The SMILES string of the molecule is CCOC(=O)[C@]1(C(=O)C(N)Cc2cccc(C#N)c2)CC(C)=CCN1S(=O)(=O)c1ccc2c(c1)CN(C)CC2. The van der Waals surface area contributed by atoms with Crippen LogP contribution >= 0.6 is 0 Å². The number of ketones is 1. The number of rotatable bonds is 8. The molecule has 0 fully saturated rings. The van der Waals surface area contributed by atoms with Crippen molar-refractivity contribution >= 4 is 21.8 Å². The number of esters is 1. The van der Waals surface area contributed by atoms with E-state index in [1.54, 1.807) is 56.3 Å². The fraction of sp³-hybridized carbons (Fsp3) is 0.414. The number of hydrogen-bond acceptors (Lipinski definition) is 8. The van der Waals surface area contributed by atoms with Gasteiger partial charge in [-0.15, -0.1) is 0 Å². The number of sulfonamides is 1. The Morgan fingerprint density at radius 3 is 2.69 bits per heavy atom. The van der Waals surface area contributed by atoms with E-state index in [4.69, 9.17) is 10.5 Å². The van der Waals surface area contributed by atoms with E-state index in [9.17, 15) is 23.3 Å². The minimum absolute atomic E-state index is 0.0151. The average Bonchev–Trinajstić information content (AvgIpc) is 2.92. The van der Waals surface area contributed by atoms with Gasteiger partial charge in [-0.2, -0.15) is 9.57 Å². The highest BCUT2D eigenvalue weighted by Gasteiger charge is 2.58. The van der Waals surface area contributed by atoms with Crippen molar-refractivity contribution in [3.8, 4) is 6.07 Å². The Morgan fingerprint density at radius 2 is 1.97 bits per heavy atom.